The summed E-state index contributed by atoms with van der Waals surface area (Å²) in [6, 6.07) is 5.00. The Kier molecular flexibility index (Phi) is 3.95. The highest BCUT2D eigenvalue weighted by molar-refractivity contribution is 7.94. The molecule has 0 saturated carbocycles. The molecule has 106 valence electrons. The average molecular weight is 316 g/mol. The predicted octanol–water partition coefficient (Wildman–Crippen LogP) is 1.44. The van der Waals surface area contributed by atoms with Gasteiger partial charge in [-0.2, -0.15) is 8.42 Å². The Labute approximate surface area is 117 Å². The van der Waals surface area contributed by atoms with E-state index < -0.39 is 15.8 Å². The second-order valence-electron chi connectivity index (χ2n) is 3.67. The molecular weight excluding hydrogens is 307 g/mol. The van der Waals surface area contributed by atoms with Crippen LogP contribution in [0.15, 0.2) is 28.6 Å². The molecule has 0 aliphatic rings. The lowest BCUT2D eigenvalue weighted by Crippen LogP contribution is -2.12. The highest BCUT2D eigenvalue weighted by atomic mass is 32.2. The van der Waals surface area contributed by atoms with Crippen LogP contribution in [0.3, 0.4) is 0 Å². The Morgan fingerprint density at radius 2 is 2.10 bits per heavy atom. The minimum atomic E-state index is -3.97. The predicted molar refractivity (Wildman–Crippen MR) is 71.4 cm³/mol. The molecule has 2 rings (SSSR count). The van der Waals surface area contributed by atoms with Gasteiger partial charge in [0, 0.05) is 6.92 Å². The molecule has 0 aliphatic heterocycles. The molecule has 0 unspecified atom stereocenters. The smallest absolute Gasteiger partial charge is 0.291 e. The Morgan fingerprint density at radius 1 is 1.35 bits per heavy atom. The zero-order chi connectivity index (χ0) is 14.8. The first-order chi connectivity index (χ1) is 9.37. The molecule has 2 N–H and O–H groups in total. The molecular formula is C10H9FN4O3S2. The third-order valence-electron chi connectivity index (χ3n) is 2.00. The van der Waals surface area contributed by atoms with Gasteiger partial charge in [0.2, 0.25) is 11.0 Å². The summed E-state index contributed by atoms with van der Waals surface area (Å²) in [5.41, 5.74) is 0.0706. The summed E-state index contributed by atoms with van der Waals surface area (Å²) in [5, 5.41) is 9.39. The molecule has 0 aliphatic carbocycles. The van der Waals surface area contributed by atoms with Crippen molar-refractivity contribution in [1.29, 1.82) is 0 Å². The molecule has 1 heterocycles. The van der Waals surface area contributed by atoms with E-state index in [1.165, 1.54) is 25.1 Å². The summed E-state index contributed by atoms with van der Waals surface area (Å²) < 4.78 is 38.8. The van der Waals surface area contributed by atoms with Crippen molar-refractivity contribution in [1.82, 2.24) is 10.2 Å². The zero-order valence-electron chi connectivity index (χ0n) is 10.1. The van der Waals surface area contributed by atoms with E-state index in [4.69, 9.17) is 0 Å². The molecule has 10 heteroatoms. The van der Waals surface area contributed by atoms with Crippen LogP contribution in [0.2, 0.25) is 0 Å². The lowest BCUT2D eigenvalue weighted by atomic mass is 10.3. The third kappa shape index (κ3) is 3.48. The maximum atomic E-state index is 13.0. The van der Waals surface area contributed by atoms with Crippen molar-refractivity contribution in [3.05, 3.63) is 30.1 Å². The molecule has 7 nitrogen and oxygen atoms in total. The largest absolute Gasteiger partial charge is 0.301 e. The first-order valence-corrected chi connectivity index (χ1v) is 7.56. The van der Waals surface area contributed by atoms with Crippen molar-refractivity contribution in [3.63, 3.8) is 0 Å². The number of nitrogens with one attached hydrogen (secondary N) is 2. The lowest BCUT2D eigenvalue weighted by Gasteiger charge is -2.04. The second kappa shape index (κ2) is 5.51. The van der Waals surface area contributed by atoms with Gasteiger partial charge in [-0.3, -0.25) is 9.52 Å². The second-order valence-corrected chi connectivity index (χ2v) is 6.50. The van der Waals surface area contributed by atoms with Crippen LogP contribution in [-0.4, -0.2) is 24.5 Å². The molecule has 1 aromatic heterocycles. The van der Waals surface area contributed by atoms with Crippen LogP contribution in [0.5, 0.6) is 0 Å². The van der Waals surface area contributed by atoms with Crippen molar-refractivity contribution in [2.24, 2.45) is 0 Å². The topological polar surface area (TPSA) is 101 Å². The number of carbonyl (C=O) groups excluding carboxylic acids is 1. The molecule has 0 radical (unpaired) electrons. The van der Waals surface area contributed by atoms with Gasteiger partial charge < -0.3 is 5.32 Å². The van der Waals surface area contributed by atoms with Gasteiger partial charge in [0.1, 0.15) is 5.82 Å². The van der Waals surface area contributed by atoms with Crippen LogP contribution in [0.25, 0.3) is 0 Å². The summed E-state index contributed by atoms with van der Waals surface area (Å²) in [6.45, 7) is 1.26. The number of benzene rings is 1. The first kappa shape index (κ1) is 14.3. The molecule has 0 bridgehead atoms. The number of amides is 1. The van der Waals surface area contributed by atoms with E-state index >= 15 is 0 Å². The van der Waals surface area contributed by atoms with Crippen LogP contribution in [0, 0.1) is 5.82 Å². The van der Waals surface area contributed by atoms with Crippen molar-refractivity contribution in [3.8, 4) is 0 Å². The van der Waals surface area contributed by atoms with Gasteiger partial charge >= 0.3 is 0 Å². The molecule has 2 aromatic rings. The van der Waals surface area contributed by atoms with E-state index in [-0.39, 0.29) is 21.1 Å². The number of carbonyl (C=O) groups is 1. The first-order valence-electron chi connectivity index (χ1n) is 5.26. The standard InChI is InChI=1S/C10H9FN4O3S2/c1-6(16)12-9-13-14-10(19-9)20(17,18)15-8-4-2-3-7(11)5-8/h2-5,15H,1H3,(H,12,13,16). The number of hydrogen-bond donors (Lipinski definition) is 2. The number of rotatable bonds is 4. The third-order valence-corrected chi connectivity index (χ3v) is 4.58. The molecule has 0 atom stereocenters. The maximum Gasteiger partial charge on any atom is 0.291 e. The van der Waals surface area contributed by atoms with Crippen molar-refractivity contribution in [2.75, 3.05) is 10.0 Å². The highest BCUT2D eigenvalue weighted by Crippen LogP contribution is 2.22. The van der Waals surface area contributed by atoms with Crippen LogP contribution in [0.4, 0.5) is 15.2 Å². The number of hydrogen-bond acceptors (Lipinski definition) is 6. The number of halogens is 1. The summed E-state index contributed by atoms with van der Waals surface area (Å²) in [4.78, 5) is 10.8. The summed E-state index contributed by atoms with van der Waals surface area (Å²) in [6.07, 6.45) is 0. The monoisotopic (exact) mass is 316 g/mol. The minimum Gasteiger partial charge on any atom is -0.301 e. The zero-order valence-corrected chi connectivity index (χ0v) is 11.8. The fourth-order valence-electron chi connectivity index (χ4n) is 1.27. The Hall–Kier alpha value is -2.07. The number of sulfonamides is 1. The number of aromatic nitrogens is 2. The van der Waals surface area contributed by atoms with Gasteiger partial charge in [0.05, 0.1) is 5.69 Å². The Morgan fingerprint density at radius 3 is 2.75 bits per heavy atom. The number of nitrogens with zero attached hydrogens (tertiary/aromatic N) is 2. The van der Waals surface area contributed by atoms with E-state index in [9.17, 15) is 17.6 Å². The van der Waals surface area contributed by atoms with Gasteiger partial charge in [-0.25, -0.2) is 4.39 Å². The van der Waals surface area contributed by atoms with E-state index in [0.717, 1.165) is 6.07 Å². The number of anilines is 2. The van der Waals surface area contributed by atoms with Crippen molar-refractivity contribution >= 4 is 38.1 Å². The van der Waals surface area contributed by atoms with Gasteiger partial charge in [0.15, 0.2) is 0 Å². The normalized spacial score (nSPS) is 11.1. The van der Waals surface area contributed by atoms with Crippen LogP contribution >= 0.6 is 11.3 Å². The van der Waals surface area contributed by atoms with Gasteiger partial charge in [0.25, 0.3) is 14.4 Å². The Bertz CT molecular complexity index is 744. The van der Waals surface area contributed by atoms with Crippen LogP contribution in [-0.2, 0) is 14.8 Å². The lowest BCUT2D eigenvalue weighted by molar-refractivity contribution is -0.114. The Balaban J connectivity index is 2.22. The quantitative estimate of drug-likeness (QED) is 0.831. The van der Waals surface area contributed by atoms with E-state index in [0.29, 0.717) is 11.3 Å². The van der Waals surface area contributed by atoms with Crippen LogP contribution in [0.1, 0.15) is 6.92 Å². The summed E-state index contributed by atoms with van der Waals surface area (Å²) in [7, 11) is -3.97. The fourth-order valence-corrected chi connectivity index (χ4v) is 3.27. The molecule has 1 amide bonds. The van der Waals surface area contributed by atoms with Crippen molar-refractivity contribution < 1.29 is 17.6 Å². The summed E-state index contributed by atoms with van der Waals surface area (Å²) in [5.74, 6) is -0.954. The fraction of sp³-hybridized carbons (Fsp3) is 0.100. The van der Waals surface area contributed by atoms with Gasteiger partial charge in [-0.1, -0.05) is 17.4 Å². The molecule has 1 aromatic carbocycles. The van der Waals surface area contributed by atoms with Crippen molar-refractivity contribution in [2.45, 2.75) is 11.3 Å². The van der Waals surface area contributed by atoms with Crippen LogP contribution < -0.4 is 10.0 Å². The molecule has 20 heavy (non-hydrogen) atoms. The molecule has 0 fully saturated rings. The van der Waals surface area contributed by atoms with E-state index in [1.54, 1.807) is 0 Å². The summed E-state index contributed by atoms with van der Waals surface area (Å²) >= 11 is 0.693. The van der Waals surface area contributed by atoms with Gasteiger partial charge in [-0.05, 0) is 18.2 Å². The molecule has 0 spiro atoms. The van der Waals surface area contributed by atoms with E-state index in [2.05, 4.69) is 20.2 Å². The maximum absolute atomic E-state index is 13.0. The average Bonchev–Trinajstić information content (AvgIpc) is 2.76. The molecule has 0 saturated heterocycles. The van der Waals surface area contributed by atoms with Gasteiger partial charge in [-0.15, -0.1) is 10.2 Å². The van der Waals surface area contributed by atoms with E-state index in [1.807, 2.05) is 0 Å². The minimum absolute atomic E-state index is 0.0668. The highest BCUT2D eigenvalue weighted by Gasteiger charge is 2.20. The SMILES string of the molecule is CC(=O)Nc1nnc(S(=O)(=O)Nc2cccc(F)c2)s1.